The third kappa shape index (κ3) is 10.8. The molecule has 3 aromatic heterocycles. The molecule has 4 N–H and O–H groups in total. The number of nitrogens with zero attached hydrogens (tertiary/aromatic N) is 6. The van der Waals surface area contributed by atoms with E-state index in [0.717, 1.165) is 61.4 Å². The fraction of sp³-hybridized carbons (Fsp3) is 0.436. The molecule has 17 heteroatoms. The molecule has 15 nitrogen and oxygen atoms in total. The second-order valence-corrected chi connectivity index (χ2v) is 22.4. The second-order valence-electron chi connectivity index (χ2n) is 20.8. The van der Waals surface area contributed by atoms with Crippen molar-refractivity contribution in [3.05, 3.63) is 134 Å². The van der Waals surface area contributed by atoms with Gasteiger partial charge < -0.3 is 35.1 Å². The minimum atomic E-state index is -0.817. The summed E-state index contributed by atoms with van der Waals surface area (Å²) in [5.74, 6) is 2.16. The molecular weight excluding hydrogens is 950 g/mol. The molecule has 72 heavy (non-hydrogen) atoms. The zero-order chi connectivity index (χ0) is 51.2. The smallest absolute Gasteiger partial charge is 0.246 e. The molecule has 0 spiro atoms. The summed E-state index contributed by atoms with van der Waals surface area (Å²) in [6, 6.07) is 21.3. The molecule has 1 saturated carbocycles. The number of oxazole rings is 1. The number of carbonyl (C=O) groups is 3. The molecule has 9 rings (SSSR count). The number of amides is 3. The summed E-state index contributed by atoms with van der Waals surface area (Å²) >= 11 is 7.95. The number of aliphatic hydroxyl groups is 1. The highest BCUT2D eigenvalue weighted by Gasteiger charge is 2.44. The number of β-amino-alcohol motifs (C(OH)–C–C–N with tert-alkyl or cyclic N) is 1. The lowest BCUT2D eigenvalue weighted by molar-refractivity contribution is -0.140. The largest absolute Gasteiger partial charge is 0.490 e. The summed E-state index contributed by atoms with van der Waals surface area (Å²) in [5, 5.41) is 31.4. The van der Waals surface area contributed by atoms with Crippen molar-refractivity contribution < 1.29 is 28.6 Å². The first-order valence-corrected chi connectivity index (χ1v) is 26.0. The van der Waals surface area contributed by atoms with Gasteiger partial charge in [-0.2, -0.15) is 0 Å². The number of rotatable bonds is 15. The normalized spacial score (nSPS) is 20.8. The molecule has 3 aromatic carbocycles. The van der Waals surface area contributed by atoms with Gasteiger partial charge in [0.15, 0.2) is 18.0 Å². The van der Waals surface area contributed by atoms with E-state index in [0.29, 0.717) is 35.9 Å². The van der Waals surface area contributed by atoms with Gasteiger partial charge in [-0.15, -0.1) is 21.5 Å². The van der Waals surface area contributed by atoms with E-state index in [9.17, 15) is 19.5 Å². The predicted molar refractivity (Wildman–Crippen MR) is 279 cm³/mol. The van der Waals surface area contributed by atoms with Crippen molar-refractivity contribution in [2.24, 2.45) is 10.4 Å². The quantitative estimate of drug-likeness (QED) is 0.0775. The van der Waals surface area contributed by atoms with Crippen molar-refractivity contribution in [3.8, 4) is 22.1 Å². The number of ether oxygens (including phenoxy) is 1. The number of nitrogens with one attached hydrogen (secondary N) is 3. The summed E-state index contributed by atoms with van der Waals surface area (Å²) in [7, 11) is 0. The molecule has 0 bridgehead atoms. The third-order valence-electron chi connectivity index (χ3n) is 14.3. The first-order chi connectivity index (χ1) is 34.3. The molecule has 0 radical (unpaired) electrons. The van der Waals surface area contributed by atoms with Crippen LogP contribution >= 0.6 is 22.9 Å². The lowest BCUT2D eigenvalue weighted by Crippen LogP contribution is -2.58. The Morgan fingerprint density at radius 1 is 0.917 bits per heavy atom. The summed E-state index contributed by atoms with van der Waals surface area (Å²) in [4.78, 5) is 54.1. The van der Waals surface area contributed by atoms with Crippen molar-refractivity contribution >= 4 is 46.4 Å². The number of aryl methyl sites for hydroxylation is 3. The van der Waals surface area contributed by atoms with Crippen LogP contribution in [0.1, 0.15) is 122 Å². The fourth-order valence-electron chi connectivity index (χ4n) is 10.1. The summed E-state index contributed by atoms with van der Waals surface area (Å²) in [5.41, 5.74) is 6.88. The van der Waals surface area contributed by atoms with Crippen LogP contribution in [0.3, 0.4) is 0 Å². The fourth-order valence-corrected chi connectivity index (χ4v) is 11.5. The topological polar surface area (TPSA) is 189 Å². The van der Waals surface area contributed by atoms with Gasteiger partial charge in [-0.3, -0.25) is 23.9 Å². The van der Waals surface area contributed by atoms with Crippen LogP contribution in [0.5, 0.6) is 5.75 Å². The van der Waals surface area contributed by atoms with E-state index in [2.05, 4.69) is 64.0 Å². The number of aliphatic hydroxyl groups excluding tert-OH is 1. The molecule has 2 unspecified atom stereocenters. The van der Waals surface area contributed by atoms with Gasteiger partial charge in [0.25, 0.3) is 0 Å². The van der Waals surface area contributed by atoms with Crippen molar-refractivity contribution in [3.63, 3.8) is 0 Å². The van der Waals surface area contributed by atoms with Crippen molar-refractivity contribution in [2.75, 3.05) is 6.54 Å². The van der Waals surface area contributed by atoms with Crippen LogP contribution in [0, 0.1) is 33.1 Å². The molecular formula is C55H64ClN9O6S. The number of fused-ring (bicyclic) bond motifs is 3. The molecule has 1 saturated heterocycles. The highest BCUT2D eigenvalue weighted by atomic mass is 35.5. The maximum atomic E-state index is 14.4. The Labute approximate surface area is 429 Å². The Hall–Kier alpha value is -6.20. The SMILES string of the molecule is Cc1ncoc1-c1ccc([C@H](C)NC(C)C2C[C@@H](O)CN2C(=O)[C@@H](NC(=O)Cc2ccc(OC3CC(NC(=O)C[C@@H]4N=C(c5ccc(Cl)cc5)c5c(sc(C)c5C)-n5c(C)nnc54)C3)cc2)C(C)(C)C)cc1. The average Bonchev–Trinajstić information content (AvgIpc) is 4.10. The number of hydrogen-bond acceptors (Lipinski definition) is 12. The maximum absolute atomic E-state index is 14.4. The zero-order valence-electron chi connectivity index (χ0n) is 42.3. The number of halogens is 1. The molecule has 3 aliphatic rings. The van der Waals surface area contributed by atoms with Crippen LogP contribution in [0.2, 0.25) is 5.02 Å². The van der Waals surface area contributed by atoms with Gasteiger partial charge in [-0.1, -0.05) is 80.9 Å². The Morgan fingerprint density at radius 2 is 1.61 bits per heavy atom. The number of carbonyl (C=O) groups excluding carboxylic acids is 3. The minimum absolute atomic E-state index is 0.0390. The molecule has 6 aromatic rings. The Morgan fingerprint density at radius 3 is 2.28 bits per heavy atom. The van der Waals surface area contributed by atoms with E-state index >= 15 is 0 Å². The Bertz CT molecular complexity index is 2970. The van der Waals surface area contributed by atoms with E-state index in [1.54, 1.807) is 16.2 Å². The number of benzene rings is 3. The summed E-state index contributed by atoms with van der Waals surface area (Å²) in [6.45, 7) is 18.2. The molecule has 1 aliphatic carbocycles. The van der Waals surface area contributed by atoms with Crippen LogP contribution in [0.15, 0.2) is 88.6 Å². The van der Waals surface area contributed by atoms with Crippen molar-refractivity contribution in [1.29, 1.82) is 0 Å². The number of thiophene rings is 1. The Kier molecular flexibility index (Phi) is 14.6. The summed E-state index contributed by atoms with van der Waals surface area (Å²) in [6.07, 6.45) is 2.58. The first kappa shape index (κ1) is 50.7. The lowest BCUT2D eigenvalue weighted by atomic mass is 9.85. The van der Waals surface area contributed by atoms with E-state index in [1.165, 1.54) is 11.3 Å². The predicted octanol–water partition coefficient (Wildman–Crippen LogP) is 8.65. The maximum Gasteiger partial charge on any atom is 0.246 e. The van der Waals surface area contributed by atoms with Gasteiger partial charge in [0, 0.05) is 70.1 Å². The number of likely N-dealkylation sites (tertiary alicyclic amines) is 1. The molecule has 6 atom stereocenters. The highest BCUT2D eigenvalue weighted by Crippen LogP contribution is 2.40. The van der Waals surface area contributed by atoms with Gasteiger partial charge in [0.2, 0.25) is 17.7 Å². The summed E-state index contributed by atoms with van der Waals surface area (Å²) < 4.78 is 13.9. The zero-order valence-corrected chi connectivity index (χ0v) is 43.9. The number of aliphatic imine (C=N–C) groups is 1. The van der Waals surface area contributed by atoms with Crippen molar-refractivity contribution in [1.82, 2.24) is 40.6 Å². The van der Waals surface area contributed by atoms with Crippen LogP contribution in [0.25, 0.3) is 16.3 Å². The lowest BCUT2D eigenvalue weighted by Gasteiger charge is -2.38. The molecule has 2 fully saturated rings. The van der Waals surface area contributed by atoms with Crippen LogP contribution < -0.4 is 20.7 Å². The van der Waals surface area contributed by atoms with Gasteiger partial charge in [-0.25, -0.2) is 4.98 Å². The monoisotopic (exact) mass is 1010 g/mol. The van der Waals surface area contributed by atoms with E-state index in [4.69, 9.17) is 25.7 Å². The van der Waals surface area contributed by atoms with Crippen LogP contribution in [-0.4, -0.2) is 96.1 Å². The molecule has 5 heterocycles. The second kappa shape index (κ2) is 20.7. The van der Waals surface area contributed by atoms with E-state index in [1.807, 2.05) is 107 Å². The highest BCUT2D eigenvalue weighted by molar-refractivity contribution is 7.15. The van der Waals surface area contributed by atoms with Gasteiger partial charge in [0.05, 0.1) is 30.4 Å². The van der Waals surface area contributed by atoms with E-state index < -0.39 is 23.6 Å². The minimum Gasteiger partial charge on any atom is -0.490 e. The van der Waals surface area contributed by atoms with Gasteiger partial charge in [0.1, 0.15) is 34.8 Å². The Balaban J connectivity index is 0.768. The number of aromatic nitrogens is 4. The van der Waals surface area contributed by atoms with Gasteiger partial charge in [-0.05, 0) is 94.3 Å². The van der Waals surface area contributed by atoms with Crippen LogP contribution in [-0.2, 0) is 20.8 Å². The molecule has 2 aliphatic heterocycles. The third-order valence-corrected chi connectivity index (χ3v) is 15.8. The van der Waals surface area contributed by atoms with Crippen molar-refractivity contribution in [2.45, 2.75) is 143 Å². The number of hydrogen-bond donors (Lipinski definition) is 4. The molecule has 378 valence electrons. The van der Waals surface area contributed by atoms with Gasteiger partial charge >= 0.3 is 0 Å². The van der Waals surface area contributed by atoms with Crippen LogP contribution in [0.4, 0.5) is 0 Å². The molecule has 3 amide bonds. The average molecular weight is 1010 g/mol. The standard InChI is InChI=1S/C55H64ClN9O6S/c1-29-33(5)72-54-48(29)49(37-16-18-39(56)19-17-37)60-44(52-63-62-34(6)65(52)54)26-47(68)59-40-23-43(24-40)71-42-20-10-35(11-21-42)22-46(67)61-51(55(7,8)9)53(69)64-27-41(66)25-45(64)31(3)58-30(2)36-12-14-38(15-13-36)50-32(4)57-28-70-50/h10-21,28,30-31,40-41,43-45,51,58,66H,22-27H2,1-9H3,(H,59,68)(H,61,67)/t30-,31?,40?,41+,43?,44-,45?,51+/m0/s1. The first-order valence-electron chi connectivity index (χ1n) is 24.8. The van der Waals surface area contributed by atoms with E-state index in [-0.39, 0.29) is 67.4 Å².